The Kier molecular flexibility index (Phi) is 4.55. The van der Waals surface area contributed by atoms with Crippen molar-refractivity contribution >= 4 is 44.1 Å². The minimum atomic E-state index is -0.124. The molecule has 2 aromatic heterocycles. The number of fused-ring (bicyclic) bond motifs is 1. The summed E-state index contributed by atoms with van der Waals surface area (Å²) in [5.74, 6) is 0.271. The Balaban J connectivity index is 1.85. The van der Waals surface area contributed by atoms with Gasteiger partial charge < -0.3 is 9.32 Å². The number of amides is 1. The van der Waals surface area contributed by atoms with Crippen molar-refractivity contribution in [3.8, 4) is 0 Å². The van der Waals surface area contributed by atoms with Gasteiger partial charge in [0.2, 0.25) is 0 Å². The molecule has 2 heterocycles. The van der Waals surface area contributed by atoms with Crippen LogP contribution in [0.25, 0.3) is 11.0 Å². The van der Waals surface area contributed by atoms with Gasteiger partial charge in [-0.25, -0.2) is 4.98 Å². The van der Waals surface area contributed by atoms with Gasteiger partial charge in [0.1, 0.15) is 5.58 Å². The zero-order chi connectivity index (χ0) is 16.6. The van der Waals surface area contributed by atoms with E-state index >= 15 is 0 Å². The van der Waals surface area contributed by atoms with Gasteiger partial charge in [0.25, 0.3) is 5.91 Å². The molecule has 0 spiro atoms. The predicted molar refractivity (Wildman–Crippen MR) is 95.9 cm³/mol. The number of nitrogens with zero attached hydrogens (tertiary/aromatic N) is 2. The number of aromatic nitrogens is 1. The zero-order valence-corrected chi connectivity index (χ0v) is 15.6. The van der Waals surface area contributed by atoms with E-state index in [1.54, 1.807) is 23.3 Å². The van der Waals surface area contributed by atoms with E-state index in [-0.39, 0.29) is 5.91 Å². The van der Waals surface area contributed by atoms with Crippen molar-refractivity contribution < 1.29 is 9.21 Å². The van der Waals surface area contributed by atoms with E-state index in [0.717, 1.165) is 38.1 Å². The summed E-state index contributed by atoms with van der Waals surface area (Å²) in [5, 5.41) is 4.05. The molecule has 1 aromatic carbocycles. The Bertz CT molecular complexity index is 869. The predicted octanol–water partition coefficient (Wildman–Crippen LogP) is 4.79. The van der Waals surface area contributed by atoms with Gasteiger partial charge in [0, 0.05) is 27.9 Å². The average Bonchev–Trinajstić information content (AvgIpc) is 3.11. The third kappa shape index (κ3) is 3.19. The molecule has 3 rings (SSSR count). The van der Waals surface area contributed by atoms with E-state index in [9.17, 15) is 4.79 Å². The van der Waals surface area contributed by atoms with E-state index < -0.39 is 0 Å². The van der Waals surface area contributed by atoms with Crippen molar-refractivity contribution in [2.45, 2.75) is 26.8 Å². The van der Waals surface area contributed by atoms with Crippen LogP contribution >= 0.6 is 27.3 Å². The SMILES string of the molecule is CCc1nc(CN(C)C(=O)c2oc3ccc(Br)cc3c2C)cs1. The molecule has 0 aliphatic rings. The summed E-state index contributed by atoms with van der Waals surface area (Å²) in [7, 11) is 1.77. The van der Waals surface area contributed by atoms with Crippen LogP contribution in [0, 0.1) is 6.92 Å². The quantitative estimate of drug-likeness (QED) is 0.640. The summed E-state index contributed by atoms with van der Waals surface area (Å²) in [6.45, 7) is 4.47. The third-order valence-corrected chi connectivity index (χ3v) is 5.28. The zero-order valence-electron chi connectivity index (χ0n) is 13.2. The molecular weight excluding hydrogens is 376 g/mol. The maximum atomic E-state index is 12.7. The minimum Gasteiger partial charge on any atom is -0.451 e. The lowest BCUT2D eigenvalue weighted by Crippen LogP contribution is -2.26. The molecule has 6 heteroatoms. The topological polar surface area (TPSA) is 46.3 Å². The molecule has 0 bridgehead atoms. The van der Waals surface area contributed by atoms with Crippen LogP contribution in [0.5, 0.6) is 0 Å². The summed E-state index contributed by atoms with van der Waals surface area (Å²) in [6.07, 6.45) is 0.917. The number of furan rings is 1. The van der Waals surface area contributed by atoms with Crippen molar-refractivity contribution in [3.63, 3.8) is 0 Å². The summed E-state index contributed by atoms with van der Waals surface area (Å²) in [4.78, 5) is 18.9. The van der Waals surface area contributed by atoms with Crippen LogP contribution in [0.4, 0.5) is 0 Å². The summed E-state index contributed by atoms with van der Waals surface area (Å²) >= 11 is 5.08. The molecule has 0 radical (unpaired) electrons. The van der Waals surface area contributed by atoms with E-state index in [4.69, 9.17) is 4.42 Å². The number of aryl methyl sites for hydroxylation is 2. The fourth-order valence-electron chi connectivity index (χ4n) is 2.47. The lowest BCUT2D eigenvalue weighted by Gasteiger charge is -2.14. The van der Waals surface area contributed by atoms with Gasteiger partial charge in [-0.3, -0.25) is 4.79 Å². The molecule has 0 aliphatic carbocycles. The number of carbonyl (C=O) groups excluding carboxylic acids is 1. The maximum Gasteiger partial charge on any atom is 0.289 e. The van der Waals surface area contributed by atoms with Gasteiger partial charge in [-0.15, -0.1) is 11.3 Å². The Morgan fingerprint density at radius 2 is 2.22 bits per heavy atom. The molecule has 4 nitrogen and oxygen atoms in total. The first-order chi connectivity index (χ1) is 11.0. The molecule has 0 N–H and O–H groups in total. The van der Waals surface area contributed by atoms with E-state index in [0.29, 0.717) is 12.3 Å². The Morgan fingerprint density at radius 3 is 2.91 bits per heavy atom. The highest BCUT2D eigenvalue weighted by atomic mass is 79.9. The van der Waals surface area contributed by atoms with Crippen LogP contribution in [-0.2, 0) is 13.0 Å². The second-order valence-electron chi connectivity index (χ2n) is 5.44. The van der Waals surface area contributed by atoms with Gasteiger partial charge >= 0.3 is 0 Å². The smallest absolute Gasteiger partial charge is 0.289 e. The molecule has 23 heavy (non-hydrogen) atoms. The fraction of sp³-hybridized carbons (Fsp3) is 0.294. The second-order valence-corrected chi connectivity index (χ2v) is 7.30. The second kappa shape index (κ2) is 6.45. The number of thiazole rings is 1. The largest absolute Gasteiger partial charge is 0.451 e. The summed E-state index contributed by atoms with van der Waals surface area (Å²) < 4.78 is 6.74. The van der Waals surface area contributed by atoms with Gasteiger partial charge in [-0.2, -0.15) is 0 Å². The number of halogens is 1. The lowest BCUT2D eigenvalue weighted by molar-refractivity contribution is 0.0753. The molecule has 0 atom stereocenters. The van der Waals surface area contributed by atoms with Crippen LogP contribution in [0.15, 0.2) is 32.5 Å². The average molecular weight is 393 g/mol. The highest BCUT2D eigenvalue weighted by Gasteiger charge is 2.21. The molecule has 0 aliphatic heterocycles. The van der Waals surface area contributed by atoms with Crippen molar-refractivity contribution in [1.82, 2.24) is 9.88 Å². The van der Waals surface area contributed by atoms with Crippen LogP contribution < -0.4 is 0 Å². The monoisotopic (exact) mass is 392 g/mol. The molecule has 0 unspecified atom stereocenters. The van der Waals surface area contributed by atoms with Crippen molar-refractivity contribution in [3.05, 3.63) is 50.1 Å². The highest BCUT2D eigenvalue weighted by molar-refractivity contribution is 9.10. The number of rotatable bonds is 4. The molecule has 120 valence electrons. The molecule has 1 amide bonds. The van der Waals surface area contributed by atoms with E-state index in [2.05, 4.69) is 27.8 Å². The van der Waals surface area contributed by atoms with Crippen LogP contribution in [-0.4, -0.2) is 22.8 Å². The van der Waals surface area contributed by atoms with Gasteiger partial charge in [-0.05, 0) is 31.5 Å². The third-order valence-electron chi connectivity index (χ3n) is 3.74. The molecule has 3 aromatic rings. The fourth-order valence-corrected chi connectivity index (χ4v) is 3.57. The number of carbonyl (C=O) groups is 1. The molecule has 0 fully saturated rings. The molecular formula is C17H17BrN2O2S. The Hall–Kier alpha value is -1.66. The van der Waals surface area contributed by atoms with Crippen LogP contribution in [0.2, 0.25) is 0 Å². The molecule has 0 saturated carbocycles. The summed E-state index contributed by atoms with van der Waals surface area (Å²) in [6, 6.07) is 5.75. The normalized spacial score (nSPS) is 11.1. The number of benzene rings is 1. The van der Waals surface area contributed by atoms with Crippen LogP contribution in [0.3, 0.4) is 0 Å². The van der Waals surface area contributed by atoms with Crippen LogP contribution in [0.1, 0.15) is 33.7 Å². The van der Waals surface area contributed by atoms with Gasteiger partial charge in [-0.1, -0.05) is 22.9 Å². The van der Waals surface area contributed by atoms with Crippen molar-refractivity contribution in [2.75, 3.05) is 7.05 Å². The standard InChI is InChI=1S/C17H17BrN2O2S/c1-4-15-19-12(9-23-15)8-20(3)17(21)16-10(2)13-7-11(18)5-6-14(13)22-16/h5-7,9H,4,8H2,1-3H3. The first kappa shape index (κ1) is 16.2. The maximum absolute atomic E-state index is 12.7. The Labute approximate surface area is 147 Å². The summed E-state index contributed by atoms with van der Waals surface area (Å²) in [5.41, 5.74) is 2.51. The van der Waals surface area contributed by atoms with Gasteiger partial charge in [0.15, 0.2) is 5.76 Å². The number of hydrogen-bond donors (Lipinski definition) is 0. The highest BCUT2D eigenvalue weighted by Crippen LogP contribution is 2.29. The number of hydrogen-bond acceptors (Lipinski definition) is 4. The van der Waals surface area contributed by atoms with Gasteiger partial charge in [0.05, 0.1) is 17.2 Å². The van der Waals surface area contributed by atoms with E-state index in [1.165, 1.54) is 0 Å². The van der Waals surface area contributed by atoms with Crippen molar-refractivity contribution in [1.29, 1.82) is 0 Å². The minimum absolute atomic E-state index is 0.124. The Morgan fingerprint density at radius 1 is 1.43 bits per heavy atom. The molecule has 0 saturated heterocycles. The lowest BCUT2D eigenvalue weighted by atomic mass is 10.1. The first-order valence-corrected chi connectivity index (χ1v) is 9.04. The first-order valence-electron chi connectivity index (χ1n) is 7.37. The van der Waals surface area contributed by atoms with E-state index in [1.807, 2.05) is 30.5 Å². The van der Waals surface area contributed by atoms with Crippen molar-refractivity contribution in [2.24, 2.45) is 0 Å².